The van der Waals surface area contributed by atoms with E-state index in [0.29, 0.717) is 6.54 Å². The first-order valence-corrected chi connectivity index (χ1v) is 5.90. The summed E-state index contributed by atoms with van der Waals surface area (Å²) in [4.78, 5) is 17.6. The molecule has 1 amide bonds. The lowest BCUT2D eigenvalue weighted by Gasteiger charge is -2.21. The van der Waals surface area contributed by atoms with Crippen LogP contribution in [0.15, 0.2) is 48.8 Å². The van der Waals surface area contributed by atoms with Crippen molar-refractivity contribution >= 4 is 11.6 Å². The maximum absolute atomic E-state index is 11.8. The second-order valence-corrected chi connectivity index (χ2v) is 4.31. The van der Waals surface area contributed by atoms with Crippen LogP contribution in [-0.4, -0.2) is 10.9 Å². The fourth-order valence-corrected chi connectivity index (χ4v) is 1.85. The number of pyridine rings is 1. The van der Waals surface area contributed by atoms with Crippen molar-refractivity contribution in [2.24, 2.45) is 0 Å². The van der Waals surface area contributed by atoms with Crippen LogP contribution in [0.4, 0.5) is 5.69 Å². The van der Waals surface area contributed by atoms with E-state index in [1.54, 1.807) is 24.2 Å². The van der Waals surface area contributed by atoms with Crippen molar-refractivity contribution in [2.75, 3.05) is 4.90 Å². The Balaban J connectivity index is 2.27. The second kappa shape index (κ2) is 5.45. The molecule has 0 saturated carbocycles. The number of hydrogen-bond donors (Lipinski definition) is 0. The molecular formula is C15H16N2O. The lowest BCUT2D eigenvalue weighted by atomic mass is 10.2. The molecule has 0 N–H and O–H groups in total. The molecule has 0 unspecified atom stereocenters. The van der Waals surface area contributed by atoms with E-state index in [1.165, 1.54) is 0 Å². The van der Waals surface area contributed by atoms with E-state index in [4.69, 9.17) is 0 Å². The Hall–Kier alpha value is -2.16. The van der Waals surface area contributed by atoms with Gasteiger partial charge in [-0.2, -0.15) is 0 Å². The van der Waals surface area contributed by atoms with E-state index in [0.717, 1.165) is 16.8 Å². The molecule has 0 aliphatic carbocycles. The van der Waals surface area contributed by atoms with Gasteiger partial charge in [-0.15, -0.1) is 0 Å². The molecule has 0 aliphatic rings. The van der Waals surface area contributed by atoms with Crippen molar-refractivity contribution < 1.29 is 4.79 Å². The maximum Gasteiger partial charge on any atom is 0.224 e. The first-order valence-electron chi connectivity index (χ1n) is 5.90. The molecule has 18 heavy (non-hydrogen) atoms. The summed E-state index contributed by atoms with van der Waals surface area (Å²) >= 11 is 0. The molecule has 0 aliphatic heterocycles. The van der Waals surface area contributed by atoms with E-state index in [2.05, 4.69) is 4.98 Å². The van der Waals surface area contributed by atoms with Crippen molar-refractivity contribution in [2.45, 2.75) is 20.4 Å². The predicted molar refractivity (Wildman–Crippen MR) is 72.3 cm³/mol. The van der Waals surface area contributed by atoms with Crippen molar-refractivity contribution in [3.8, 4) is 0 Å². The van der Waals surface area contributed by atoms with Gasteiger partial charge in [-0.1, -0.05) is 18.2 Å². The molecule has 1 aromatic heterocycles. The standard InChI is InChI=1S/C15H16N2O/c1-12-5-3-7-15(9-12)17(13(2)18)11-14-6-4-8-16-10-14/h3-10H,11H2,1-2H3. The Morgan fingerprint density at radius 3 is 2.72 bits per heavy atom. The van der Waals surface area contributed by atoms with Crippen LogP contribution in [0.1, 0.15) is 18.1 Å². The van der Waals surface area contributed by atoms with E-state index in [-0.39, 0.29) is 5.91 Å². The fraction of sp³-hybridized carbons (Fsp3) is 0.200. The van der Waals surface area contributed by atoms with Crippen molar-refractivity contribution in [3.63, 3.8) is 0 Å². The minimum absolute atomic E-state index is 0.0319. The van der Waals surface area contributed by atoms with Crippen LogP contribution in [-0.2, 0) is 11.3 Å². The van der Waals surface area contributed by atoms with Gasteiger partial charge in [0.05, 0.1) is 6.54 Å². The topological polar surface area (TPSA) is 33.2 Å². The number of carbonyl (C=O) groups is 1. The van der Waals surface area contributed by atoms with E-state index in [9.17, 15) is 4.79 Å². The Morgan fingerprint density at radius 1 is 1.28 bits per heavy atom. The maximum atomic E-state index is 11.8. The highest BCUT2D eigenvalue weighted by molar-refractivity contribution is 5.91. The minimum atomic E-state index is 0.0319. The number of rotatable bonds is 3. The van der Waals surface area contributed by atoms with Crippen molar-refractivity contribution in [1.29, 1.82) is 0 Å². The van der Waals surface area contributed by atoms with Gasteiger partial charge in [-0.05, 0) is 36.2 Å². The zero-order chi connectivity index (χ0) is 13.0. The first-order chi connectivity index (χ1) is 8.66. The normalized spacial score (nSPS) is 10.1. The molecule has 3 nitrogen and oxygen atoms in total. The molecule has 0 saturated heterocycles. The summed E-state index contributed by atoms with van der Waals surface area (Å²) in [5.41, 5.74) is 3.09. The molecule has 0 fully saturated rings. The summed E-state index contributed by atoms with van der Waals surface area (Å²) in [7, 11) is 0. The predicted octanol–water partition coefficient (Wildman–Crippen LogP) is 2.94. The lowest BCUT2D eigenvalue weighted by molar-refractivity contribution is -0.116. The monoisotopic (exact) mass is 240 g/mol. The van der Waals surface area contributed by atoms with Crippen LogP contribution in [0.2, 0.25) is 0 Å². The summed E-state index contributed by atoms with van der Waals surface area (Å²) in [5, 5.41) is 0. The van der Waals surface area contributed by atoms with E-state index < -0.39 is 0 Å². The Bertz CT molecular complexity index is 537. The summed E-state index contributed by atoms with van der Waals surface area (Å²) in [6, 6.07) is 11.8. The third kappa shape index (κ3) is 2.94. The third-order valence-corrected chi connectivity index (χ3v) is 2.76. The van der Waals surface area contributed by atoms with Gasteiger partial charge in [0.15, 0.2) is 0 Å². The smallest absolute Gasteiger partial charge is 0.224 e. The van der Waals surface area contributed by atoms with Crippen LogP contribution in [0.25, 0.3) is 0 Å². The second-order valence-electron chi connectivity index (χ2n) is 4.31. The molecule has 1 aromatic carbocycles. The molecule has 1 heterocycles. The summed E-state index contributed by atoms with van der Waals surface area (Å²) in [5.74, 6) is 0.0319. The van der Waals surface area contributed by atoms with Crippen molar-refractivity contribution in [1.82, 2.24) is 4.98 Å². The van der Waals surface area contributed by atoms with Gasteiger partial charge >= 0.3 is 0 Å². The molecule has 92 valence electrons. The number of carbonyl (C=O) groups excluding carboxylic acids is 1. The zero-order valence-electron chi connectivity index (χ0n) is 10.6. The molecule has 0 atom stereocenters. The zero-order valence-corrected chi connectivity index (χ0v) is 10.6. The van der Waals surface area contributed by atoms with Gasteiger partial charge in [0.1, 0.15) is 0 Å². The minimum Gasteiger partial charge on any atom is -0.308 e. The SMILES string of the molecule is CC(=O)N(Cc1cccnc1)c1cccc(C)c1. The Labute approximate surface area is 107 Å². The summed E-state index contributed by atoms with van der Waals surface area (Å²) in [6.45, 7) is 4.15. The highest BCUT2D eigenvalue weighted by atomic mass is 16.2. The summed E-state index contributed by atoms with van der Waals surface area (Å²) in [6.07, 6.45) is 3.51. The van der Waals surface area contributed by atoms with Gasteiger partial charge in [-0.25, -0.2) is 0 Å². The number of hydrogen-bond acceptors (Lipinski definition) is 2. The molecule has 2 aromatic rings. The van der Waals surface area contributed by atoms with Crippen LogP contribution >= 0.6 is 0 Å². The Morgan fingerprint density at radius 2 is 2.11 bits per heavy atom. The third-order valence-electron chi connectivity index (χ3n) is 2.76. The number of nitrogens with zero attached hydrogens (tertiary/aromatic N) is 2. The quantitative estimate of drug-likeness (QED) is 0.826. The van der Waals surface area contributed by atoms with Crippen LogP contribution in [0, 0.1) is 6.92 Å². The Kier molecular flexibility index (Phi) is 3.72. The molecular weight excluding hydrogens is 224 g/mol. The number of anilines is 1. The van der Waals surface area contributed by atoms with Gasteiger partial charge in [-0.3, -0.25) is 9.78 Å². The average Bonchev–Trinajstić information content (AvgIpc) is 2.37. The van der Waals surface area contributed by atoms with Gasteiger partial charge < -0.3 is 4.90 Å². The van der Waals surface area contributed by atoms with E-state index >= 15 is 0 Å². The molecule has 0 radical (unpaired) electrons. The van der Waals surface area contributed by atoms with Gasteiger partial charge in [0.25, 0.3) is 0 Å². The van der Waals surface area contributed by atoms with Gasteiger partial charge in [0.2, 0.25) is 5.91 Å². The number of benzene rings is 1. The van der Waals surface area contributed by atoms with Crippen molar-refractivity contribution in [3.05, 3.63) is 59.9 Å². The summed E-state index contributed by atoms with van der Waals surface area (Å²) < 4.78 is 0. The number of aromatic nitrogens is 1. The van der Waals surface area contributed by atoms with Gasteiger partial charge in [0, 0.05) is 25.0 Å². The largest absolute Gasteiger partial charge is 0.308 e. The molecule has 2 rings (SSSR count). The molecule has 0 spiro atoms. The average molecular weight is 240 g/mol. The van der Waals surface area contributed by atoms with Crippen LogP contribution in [0.3, 0.4) is 0 Å². The van der Waals surface area contributed by atoms with E-state index in [1.807, 2.05) is 43.3 Å². The fourth-order valence-electron chi connectivity index (χ4n) is 1.85. The molecule has 3 heteroatoms. The van der Waals surface area contributed by atoms with Crippen LogP contribution in [0.5, 0.6) is 0 Å². The highest BCUT2D eigenvalue weighted by Gasteiger charge is 2.11. The first kappa shape index (κ1) is 12.3. The highest BCUT2D eigenvalue weighted by Crippen LogP contribution is 2.18. The number of amides is 1. The van der Waals surface area contributed by atoms with Crippen LogP contribution < -0.4 is 4.90 Å². The lowest BCUT2D eigenvalue weighted by Crippen LogP contribution is -2.27. The number of aryl methyl sites for hydroxylation is 1. The molecule has 0 bridgehead atoms.